The van der Waals surface area contributed by atoms with Crippen LogP contribution in [-0.4, -0.2) is 36.0 Å². The third-order valence-electron chi connectivity index (χ3n) is 3.72. The van der Waals surface area contributed by atoms with Crippen LogP contribution in [0.2, 0.25) is 0 Å². The van der Waals surface area contributed by atoms with Crippen LogP contribution in [0.3, 0.4) is 0 Å². The lowest BCUT2D eigenvalue weighted by Gasteiger charge is -2.22. The Morgan fingerprint density at radius 2 is 2.17 bits per heavy atom. The van der Waals surface area contributed by atoms with E-state index in [0.29, 0.717) is 0 Å². The molecular weight excluding hydrogens is 224 g/mol. The van der Waals surface area contributed by atoms with E-state index in [-0.39, 0.29) is 0 Å². The van der Waals surface area contributed by atoms with Gasteiger partial charge in [0.1, 0.15) is 0 Å². The van der Waals surface area contributed by atoms with Crippen molar-refractivity contribution in [3.8, 4) is 0 Å². The molecule has 0 amide bonds. The number of piperidine rings is 1. The molecule has 1 aliphatic heterocycles. The predicted octanol–water partition coefficient (Wildman–Crippen LogP) is 1.48. The first-order chi connectivity index (χ1) is 8.75. The quantitative estimate of drug-likeness (QED) is 0.752. The molecule has 0 spiro atoms. The minimum Gasteiger partial charge on any atom is -0.317 e. The maximum Gasteiger partial charge on any atom is 0.0596 e. The number of aromatic nitrogens is 2. The van der Waals surface area contributed by atoms with Gasteiger partial charge in [-0.25, -0.2) is 0 Å². The molecule has 0 atom stereocenters. The zero-order chi connectivity index (χ0) is 12.8. The monoisotopic (exact) mass is 250 g/mol. The molecule has 102 valence electrons. The van der Waals surface area contributed by atoms with Gasteiger partial charge < -0.3 is 10.6 Å². The molecule has 0 aliphatic carbocycles. The lowest BCUT2D eigenvalue weighted by molar-refractivity contribution is 0.354. The number of nitrogens with one attached hydrogen (secondary N) is 2. The fraction of sp³-hybridized carbons (Fsp3) is 0.786. The Kier molecular flexibility index (Phi) is 5.20. The minimum atomic E-state index is 0.875. The van der Waals surface area contributed by atoms with Gasteiger partial charge in [-0.3, -0.25) is 4.68 Å². The highest BCUT2D eigenvalue weighted by atomic mass is 15.3. The lowest BCUT2D eigenvalue weighted by atomic mass is 9.98. The van der Waals surface area contributed by atoms with Crippen molar-refractivity contribution in [2.45, 2.75) is 39.7 Å². The van der Waals surface area contributed by atoms with Crippen LogP contribution in [0.25, 0.3) is 0 Å². The van der Waals surface area contributed by atoms with E-state index >= 15 is 0 Å². The van der Waals surface area contributed by atoms with Crippen LogP contribution in [-0.2, 0) is 6.54 Å². The summed E-state index contributed by atoms with van der Waals surface area (Å²) in [7, 11) is 0. The molecule has 1 saturated heterocycles. The molecular formula is C14H26N4. The van der Waals surface area contributed by atoms with Crippen LogP contribution < -0.4 is 10.6 Å². The Balaban J connectivity index is 1.57. The van der Waals surface area contributed by atoms with Crippen molar-refractivity contribution in [2.75, 3.05) is 26.2 Å². The van der Waals surface area contributed by atoms with Gasteiger partial charge in [-0.05, 0) is 71.3 Å². The van der Waals surface area contributed by atoms with Crippen LogP contribution in [0.4, 0.5) is 0 Å². The van der Waals surface area contributed by atoms with Crippen LogP contribution in [0.15, 0.2) is 6.07 Å². The Bertz CT molecular complexity index is 353. The van der Waals surface area contributed by atoms with Crippen molar-refractivity contribution in [2.24, 2.45) is 5.92 Å². The molecule has 4 nitrogen and oxygen atoms in total. The number of aryl methyl sites for hydroxylation is 3. The van der Waals surface area contributed by atoms with Crippen molar-refractivity contribution in [1.82, 2.24) is 20.4 Å². The highest BCUT2D eigenvalue weighted by molar-refractivity contribution is 5.06. The van der Waals surface area contributed by atoms with Gasteiger partial charge in [-0.2, -0.15) is 5.10 Å². The Labute approximate surface area is 110 Å². The van der Waals surface area contributed by atoms with E-state index in [0.717, 1.165) is 31.1 Å². The molecule has 0 radical (unpaired) electrons. The summed E-state index contributed by atoms with van der Waals surface area (Å²) in [5.74, 6) is 0.875. The molecule has 1 aromatic rings. The Morgan fingerprint density at radius 3 is 2.83 bits per heavy atom. The summed E-state index contributed by atoms with van der Waals surface area (Å²) >= 11 is 0. The second-order valence-electron chi connectivity index (χ2n) is 5.40. The molecule has 0 unspecified atom stereocenters. The number of rotatable bonds is 6. The molecule has 1 aliphatic rings. The highest BCUT2D eigenvalue weighted by Crippen LogP contribution is 2.09. The molecule has 18 heavy (non-hydrogen) atoms. The first kappa shape index (κ1) is 13.6. The van der Waals surface area contributed by atoms with Gasteiger partial charge in [0, 0.05) is 12.2 Å². The van der Waals surface area contributed by atoms with Crippen molar-refractivity contribution in [3.63, 3.8) is 0 Å². The zero-order valence-electron chi connectivity index (χ0n) is 11.7. The molecule has 4 heteroatoms. The molecule has 2 rings (SSSR count). The Hall–Kier alpha value is -0.870. The predicted molar refractivity (Wildman–Crippen MR) is 74.8 cm³/mol. The molecule has 1 fully saturated rings. The fourth-order valence-corrected chi connectivity index (χ4v) is 2.65. The van der Waals surface area contributed by atoms with E-state index in [1.54, 1.807) is 0 Å². The molecule has 0 aromatic carbocycles. The van der Waals surface area contributed by atoms with Crippen LogP contribution in [0.5, 0.6) is 0 Å². The third kappa shape index (κ3) is 4.10. The van der Waals surface area contributed by atoms with Gasteiger partial charge in [0.05, 0.1) is 5.69 Å². The molecule has 1 aromatic heterocycles. The van der Waals surface area contributed by atoms with Crippen molar-refractivity contribution in [1.29, 1.82) is 0 Å². The summed E-state index contributed by atoms with van der Waals surface area (Å²) in [6.45, 7) is 9.87. The normalized spacial score (nSPS) is 17.2. The summed E-state index contributed by atoms with van der Waals surface area (Å²) in [5, 5.41) is 11.5. The second-order valence-corrected chi connectivity index (χ2v) is 5.40. The van der Waals surface area contributed by atoms with E-state index in [1.165, 1.54) is 38.2 Å². The van der Waals surface area contributed by atoms with E-state index in [4.69, 9.17) is 0 Å². The van der Waals surface area contributed by atoms with Gasteiger partial charge in [-0.15, -0.1) is 0 Å². The minimum absolute atomic E-state index is 0.875. The van der Waals surface area contributed by atoms with Crippen LogP contribution >= 0.6 is 0 Å². The van der Waals surface area contributed by atoms with E-state index in [2.05, 4.69) is 40.3 Å². The van der Waals surface area contributed by atoms with E-state index in [9.17, 15) is 0 Å². The third-order valence-corrected chi connectivity index (χ3v) is 3.72. The van der Waals surface area contributed by atoms with Crippen molar-refractivity contribution >= 4 is 0 Å². The maximum atomic E-state index is 4.48. The van der Waals surface area contributed by atoms with Crippen molar-refractivity contribution in [3.05, 3.63) is 17.5 Å². The summed E-state index contributed by atoms with van der Waals surface area (Å²) in [4.78, 5) is 0. The lowest BCUT2D eigenvalue weighted by Crippen LogP contribution is -2.34. The average molecular weight is 250 g/mol. The van der Waals surface area contributed by atoms with E-state index in [1.807, 2.05) is 0 Å². The smallest absolute Gasteiger partial charge is 0.0596 e. The Morgan fingerprint density at radius 1 is 1.39 bits per heavy atom. The average Bonchev–Trinajstić information content (AvgIpc) is 2.69. The highest BCUT2D eigenvalue weighted by Gasteiger charge is 2.11. The second kappa shape index (κ2) is 6.90. The van der Waals surface area contributed by atoms with Gasteiger partial charge in [-0.1, -0.05) is 0 Å². The fourth-order valence-electron chi connectivity index (χ4n) is 2.65. The molecule has 0 bridgehead atoms. The number of nitrogens with zero attached hydrogens (tertiary/aromatic N) is 2. The first-order valence-electron chi connectivity index (χ1n) is 7.18. The van der Waals surface area contributed by atoms with Gasteiger partial charge in [0.25, 0.3) is 0 Å². The summed E-state index contributed by atoms with van der Waals surface area (Å²) in [6, 6.07) is 2.14. The van der Waals surface area contributed by atoms with Crippen LogP contribution in [0, 0.1) is 19.8 Å². The van der Waals surface area contributed by atoms with E-state index < -0.39 is 0 Å². The largest absolute Gasteiger partial charge is 0.317 e. The zero-order valence-corrected chi connectivity index (χ0v) is 11.7. The topological polar surface area (TPSA) is 41.9 Å². The first-order valence-corrected chi connectivity index (χ1v) is 7.18. The van der Waals surface area contributed by atoms with Gasteiger partial charge >= 0.3 is 0 Å². The SMILES string of the molecule is Cc1cc(C)n(CCCNCC2CCNCC2)n1. The summed E-state index contributed by atoms with van der Waals surface area (Å²) in [5.41, 5.74) is 2.39. The molecule has 2 heterocycles. The standard InChI is InChI=1S/C14H26N4/c1-12-10-13(2)18(17-12)9-3-6-16-11-14-4-7-15-8-5-14/h10,14-16H,3-9,11H2,1-2H3. The van der Waals surface area contributed by atoms with Crippen molar-refractivity contribution < 1.29 is 0 Å². The number of hydrogen-bond acceptors (Lipinski definition) is 3. The van der Waals surface area contributed by atoms with Crippen LogP contribution in [0.1, 0.15) is 30.7 Å². The van der Waals surface area contributed by atoms with Gasteiger partial charge in [0.15, 0.2) is 0 Å². The number of hydrogen-bond donors (Lipinski definition) is 2. The summed E-state index contributed by atoms with van der Waals surface area (Å²) < 4.78 is 2.11. The maximum absolute atomic E-state index is 4.48. The molecule has 0 saturated carbocycles. The summed E-state index contributed by atoms with van der Waals surface area (Å²) in [6.07, 6.45) is 3.81. The van der Waals surface area contributed by atoms with Gasteiger partial charge in [0.2, 0.25) is 0 Å². The molecule has 2 N–H and O–H groups in total.